The molecule has 2 aliphatic rings. The van der Waals surface area contributed by atoms with Crippen molar-refractivity contribution in [3.8, 4) is 0 Å². The van der Waals surface area contributed by atoms with Gasteiger partial charge in [0, 0.05) is 0 Å². The Bertz CT molecular complexity index is 210. The lowest BCUT2D eigenvalue weighted by Crippen LogP contribution is -2.22. The van der Waals surface area contributed by atoms with Crippen molar-refractivity contribution in [1.82, 2.24) is 0 Å². The SMILES string of the molecule is CCC1OC(C2CC2)CC1C(=O)O. The molecule has 0 aromatic carbocycles. The van der Waals surface area contributed by atoms with Gasteiger partial charge in [0.05, 0.1) is 18.1 Å². The van der Waals surface area contributed by atoms with Crippen LogP contribution in [0.3, 0.4) is 0 Å². The van der Waals surface area contributed by atoms with Gasteiger partial charge in [-0.1, -0.05) is 6.92 Å². The van der Waals surface area contributed by atoms with Gasteiger partial charge >= 0.3 is 5.97 Å². The van der Waals surface area contributed by atoms with Crippen LogP contribution in [0.4, 0.5) is 0 Å². The highest BCUT2D eigenvalue weighted by molar-refractivity contribution is 5.71. The van der Waals surface area contributed by atoms with Crippen LogP contribution in [0, 0.1) is 11.8 Å². The van der Waals surface area contributed by atoms with Gasteiger partial charge in [0.2, 0.25) is 0 Å². The first kappa shape index (κ1) is 9.00. The molecule has 0 radical (unpaired) electrons. The molecule has 13 heavy (non-hydrogen) atoms. The van der Waals surface area contributed by atoms with Gasteiger partial charge in [-0.15, -0.1) is 0 Å². The molecule has 3 unspecified atom stereocenters. The molecular weight excluding hydrogens is 168 g/mol. The molecule has 0 spiro atoms. The Hall–Kier alpha value is -0.570. The summed E-state index contributed by atoms with van der Waals surface area (Å²) in [6, 6.07) is 0. The number of carbonyl (C=O) groups is 1. The van der Waals surface area contributed by atoms with Crippen LogP contribution in [-0.4, -0.2) is 23.3 Å². The Balaban J connectivity index is 1.98. The lowest BCUT2D eigenvalue weighted by Gasteiger charge is -2.12. The van der Waals surface area contributed by atoms with Gasteiger partial charge in [0.25, 0.3) is 0 Å². The molecule has 1 heterocycles. The van der Waals surface area contributed by atoms with E-state index in [1.807, 2.05) is 6.92 Å². The number of hydrogen-bond donors (Lipinski definition) is 1. The maximum Gasteiger partial charge on any atom is 0.309 e. The molecule has 3 atom stereocenters. The molecule has 0 aromatic heterocycles. The second-order valence-corrected chi connectivity index (χ2v) is 4.14. The maximum atomic E-state index is 10.9. The molecule has 0 aromatic rings. The van der Waals surface area contributed by atoms with Crippen LogP contribution in [0.25, 0.3) is 0 Å². The van der Waals surface area contributed by atoms with E-state index in [9.17, 15) is 4.79 Å². The zero-order chi connectivity index (χ0) is 9.42. The predicted octanol–water partition coefficient (Wildman–Crippen LogP) is 1.66. The van der Waals surface area contributed by atoms with Gasteiger partial charge < -0.3 is 9.84 Å². The average Bonchev–Trinajstić information content (AvgIpc) is 2.84. The van der Waals surface area contributed by atoms with Crippen molar-refractivity contribution >= 4 is 5.97 Å². The zero-order valence-electron chi connectivity index (χ0n) is 7.90. The fourth-order valence-electron chi connectivity index (χ4n) is 2.19. The van der Waals surface area contributed by atoms with Gasteiger partial charge in [-0.05, 0) is 31.6 Å². The summed E-state index contributed by atoms with van der Waals surface area (Å²) >= 11 is 0. The van der Waals surface area contributed by atoms with Gasteiger partial charge in [-0.2, -0.15) is 0 Å². The smallest absolute Gasteiger partial charge is 0.309 e. The average molecular weight is 184 g/mol. The monoisotopic (exact) mass is 184 g/mol. The van der Waals surface area contributed by atoms with Crippen molar-refractivity contribution in [2.45, 2.75) is 44.8 Å². The van der Waals surface area contributed by atoms with Crippen LogP contribution in [0.1, 0.15) is 32.6 Å². The number of ether oxygens (including phenoxy) is 1. The zero-order valence-corrected chi connectivity index (χ0v) is 7.90. The Morgan fingerprint density at radius 2 is 2.23 bits per heavy atom. The molecule has 74 valence electrons. The van der Waals surface area contributed by atoms with Gasteiger partial charge in [0.1, 0.15) is 0 Å². The topological polar surface area (TPSA) is 46.5 Å². The van der Waals surface area contributed by atoms with Crippen molar-refractivity contribution in [2.75, 3.05) is 0 Å². The summed E-state index contributed by atoms with van der Waals surface area (Å²) in [7, 11) is 0. The van der Waals surface area contributed by atoms with Crippen molar-refractivity contribution in [2.24, 2.45) is 11.8 Å². The Kier molecular flexibility index (Phi) is 2.28. The summed E-state index contributed by atoms with van der Waals surface area (Å²) in [6.45, 7) is 2.00. The third-order valence-corrected chi connectivity index (χ3v) is 3.15. The molecule has 1 saturated heterocycles. The summed E-state index contributed by atoms with van der Waals surface area (Å²) in [5, 5.41) is 8.95. The largest absolute Gasteiger partial charge is 0.481 e. The van der Waals surface area contributed by atoms with Crippen molar-refractivity contribution in [3.05, 3.63) is 0 Å². The van der Waals surface area contributed by atoms with Gasteiger partial charge in [-0.3, -0.25) is 4.79 Å². The molecule has 2 fully saturated rings. The van der Waals surface area contributed by atoms with Crippen LogP contribution in [0.2, 0.25) is 0 Å². The van der Waals surface area contributed by atoms with Crippen LogP contribution >= 0.6 is 0 Å². The quantitative estimate of drug-likeness (QED) is 0.725. The molecule has 1 saturated carbocycles. The van der Waals surface area contributed by atoms with Crippen LogP contribution in [0.15, 0.2) is 0 Å². The fourth-order valence-corrected chi connectivity index (χ4v) is 2.19. The molecule has 1 N–H and O–H groups in total. The second-order valence-electron chi connectivity index (χ2n) is 4.14. The molecule has 0 bridgehead atoms. The van der Waals surface area contributed by atoms with E-state index >= 15 is 0 Å². The van der Waals surface area contributed by atoms with Crippen molar-refractivity contribution < 1.29 is 14.6 Å². The lowest BCUT2D eigenvalue weighted by atomic mass is 9.97. The fraction of sp³-hybridized carbons (Fsp3) is 0.900. The molecule has 1 aliphatic carbocycles. The van der Waals surface area contributed by atoms with Crippen LogP contribution < -0.4 is 0 Å². The van der Waals surface area contributed by atoms with Crippen molar-refractivity contribution in [3.63, 3.8) is 0 Å². The summed E-state index contributed by atoms with van der Waals surface area (Å²) in [4.78, 5) is 10.9. The molecule has 3 nitrogen and oxygen atoms in total. The Morgan fingerprint density at radius 1 is 1.54 bits per heavy atom. The minimum Gasteiger partial charge on any atom is -0.481 e. The van der Waals surface area contributed by atoms with E-state index in [1.165, 1.54) is 12.8 Å². The minimum atomic E-state index is -0.685. The molecule has 0 amide bonds. The van der Waals surface area contributed by atoms with Crippen LogP contribution in [0.5, 0.6) is 0 Å². The predicted molar refractivity (Wildman–Crippen MR) is 47.4 cm³/mol. The van der Waals surface area contributed by atoms with Crippen LogP contribution in [-0.2, 0) is 9.53 Å². The number of aliphatic carboxylic acids is 1. The third kappa shape index (κ3) is 1.70. The van der Waals surface area contributed by atoms with E-state index in [4.69, 9.17) is 9.84 Å². The number of hydrogen-bond acceptors (Lipinski definition) is 2. The summed E-state index contributed by atoms with van der Waals surface area (Å²) in [5.41, 5.74) is 0. The summed E-state index contributed by atoms with van der Waals surface area (Å²) < 4.78 is 5.73. The lowest BCUT2D eigenvalue weighted by molar-refractivity contribution is -0.143. The number of carboxylic acid groups (broad SMARTS) is 1. The van der Waals surface area contributed by atoms with E-state index in [-0.39, 0.29) is 18.1 Å². The second kappa shape index (κ2) is 3.29. The standard InChI is InChI=1S/C10H16O3/c1-2-8-7(10(11)12)5-9(13-8)6-3-4-6/h6-9H,2-5H2,1H3,(H,11,12). The summed E-state index contributed by atoms with van der Waals surface area (Å²) in [6.07, 6.45) is 4.22. The Morgan fingerprint density at radius 3 is 2.62 bits per heavy atom. The first-order valence-electron chi connectivity index (χ1n) is 5.10. The highest BCUT2D eigenvalue weighted by Gasteiger charge is 2.44. The van der Waals surface area contributed by atoms with Gasteiger partial charge in [-0.25, -0.2) is 0 Å². The molecule has 3 heteroatoms. The maximum absolute atomic E-state index is 10.9. The summed E-state index contributed by atoms with van der Waals surface area (Å²) in [5.74, 6) is -0.274. The van der Waals surface area contributed by atoms with Gasteiger partial charge in [0.15, 0.2) is 0 Å². The number of rotatable bonds is 3. The third-order valence-electron chi connectivity index (χ3n) is 3.15. The molecular formula is C10H16O3. The van der Waals surface area contributed by atoms with E-state index in [0.717, 1.165) is 12.8 Å². The van der Waals surface area contributed by atoms with E-state index in [2.05, 4.69) is 0 Å². The highest BCUT2D eigenvalue weighted by Crippen LogP contribution is 2.42. The van der Waals surface area contributed by atoms with Crippen molar-refractivity contribution in [1.29, 1.82) is 0 Å². The van der Waals surface area contributed by atoms with E-state index < -0.39 is 5.97 Å². The van der Waals surface area contributed by atoms with E-state index in [0.29, 0.717) is 5.92 Å². The highest BCUT2D eigenvalue weighted by atomic mass is 16.5. The minimum absolute atomic E-state index is 0.0388. The first-order valence-corrected chi connectivity index (χ1v) is 5.10. The normalized spacial score (nSPS) is 39.3. The number of carboxylic acids is 1. The van der Waals surface area contributed by atoms with E-state index in [1.54, 1.807) is 0 Å². The molecule has 2 rings (SSSR count). The first-order chi connectivity index (χ1) is 6.22. The Labute approximate surface area is 78.1 Å². The molecule has 1 aliphatic heterocycles.